The quantitative estimate of drug-likeness (QED) is 0.192. The van der Waals surface area contributed by atoms with Crippen molar-refractivity contribution in [3.8, 4) is 0 Å². The van der Waals surface area contributed by atoms with E-state index in [1.54, 1.807) is 0 Å². The minimum atomic E-state index is -8.43. The summed E-state index contributed by atoms with van der Waals surface area (Å²) in [5.41, 5.74) is -1.00. The molecule has 3 rings (SSSR count). The molecule has 0 spiro atoms. The Hall–Kier alpha value is -2.16. The Balaban J connectivity index is 1.78. The first-order chi connectivity index (χ1) is 19.3. The zero-order valence-corrected chi connectivity index (χ0v) is 22.4. The second-order valence-corrected chi connectivity index (χ2v) is 11.5. The van der Waals surface area contributed by atoms with Gasteiger partial charge in [-0.05, 0) is 67.8 Å². The maximum absolute atomic E-state index is 14.4. The van der Waals surface area contributed by atoms with Crippen LogP contribution in [0.2, 0.25) is 0 Å². The van der Waals surface area contributed by atoms with Crippen LogP contribution in [0.15, 0.2) is 24.3 Å². The van der Waals surface area contributed by atoms with Crippen LogP contribution in [0, 0.1) is 17.8 Å². The lowest BCUT2D eigenvalue weighted by atomic mass is 9.68. The Bertz CT molecular complexity index is 1120. The molecule has 0 N–H and O–H groups in total. The number of Topliss-reactive ketones (excluding diaryl/α,β-unsaturated/α-hetero) is 1. The first-order valence-corrected chi connectivity index (χ1v) is 13.3. The highest BCUT2D eigenvalue weighted by Crippen LogP contribution is 2.62. The first-order valence-electron chi connectivity index (χ1n) is 13.3. The Morgan fingerprint density at radius 1 is 0.535 bits per heavy atom. The first kappa shape index (κ1) is 35.3. The molecule has 0 aliphatic heterocycles. The second-order valence-electron chi connectivity index (χ2n) is 11.5. The number of carbonyl (C=O) groups excluding carboxylic acids is 1. The summed E-state index contributed by atoms with van der Waals surface area (Å²) in [6.45, 7) is 2.18. The molecule has 2 fully saturated rings. The molecule has 0 unspecified atom stereocenters. The van der Waals surface area contributed by atoms with Gasteiger partial charge in [-0.2, -0.15) is 65.9 Å². The molecule has 0 saturated heterocycles. The number of rotatable bonds is 9. The van der Waals surface area contributed by atoms with E-state index >= 15 is 0 Å². The van der Waals surface area contributed by atoms with Crippen molar-refractivity contribution in [1.29, 1.82) is 0 Å². The molecule has 16 heteroatoms. The predicted molar refractivity (Wildman–Crippen MR) is 122 cm³/mol. The normalized spacial score (nSPS) is 25.5. The Morgan fingerprint density at radius 2 is 0.907 bits per heavy atom. The Labute approximate surface area is 236 Å². The van der Waals surface area contributed by atoms with Gasteiger partial charge in [-0.25, -0.2) is 0 Å². The summed E-state index contributed by atoms with van der Waals surface area (Å²) in [5.74, 6) is -49.7. The van der Waals surface area contributed by atoms with E-state index in [9.17, 15) is 70.7 Å². The van der Waals surface area contributed by atoms with Gasteiger partial charge in [0.1, 0.15) is 0 Å². The number of ketones is 1. The smallest absolute Gasteiger partial charge is 0.287 e. The minimum absolute atomic E-state index is 0.148. The number of halogens is 15. The van der Waals surface area contributed by atoms with Crippen molar-refractivity contribution < 1.29 is 70.7 Å². The number of carbonyl (C=O) groups is 1. The summed E-state index contributed by atoms with van der Waals surface area (Å²) in [5, 5.41) is 0. The summed E-state index contributed by atoms with van der Waals surface area (Å²) in [4.78, 5) is 12.1. The van der Waals surface area contributed by atoms with Gasteiger partial charge >= 0.3 is 41.7 Å². The topological polar surface area (TPSA) is 17.1 Å². The molecular weight excluding hydrogens is 625 g/mol. The molecule has 43 heavy (non-hydrogen) atoms. The number of benzene rings is 1. The van der Waals surface area contributed by atoms with E-state index in [0.717, 1.165) is 50.7 Å². The fourth-order valence-corrected chi connectivity index (χ4v) is 5.88. The van der Waals surface area contributed by atoms with Crippen LogP contribution in [0.1, 0.15) is 80.1 Å². The van der Waals surface area contributed by atoms with E-state index in [0.29, 0.717) is 48.3 Å². The van der Waals surface area contributed by atoms with Gasteiger partial charge in [-0.1, -0.05) is 44.0 Å². The van der Waals surface area contributed by atoms with Crippen LogP contribution in [0.25, 0.3) is 0 Å². The van der Waals surface area contributed by atoms with Crippen molar-refractivity contribution in [3.05, 3.63) is 35.4 Å². The van der Waals surface area contributed by atoms with Crippen molar-refractivity contribution in [2.45, 2.75) is 106 Å². The van der Waals surface area contributed by atoms with Crippen LogP contribution in [0.3, 0.4) is 0 Å². The lowest BCUT2D eigenvalue weighted by molar-refractivity contribution is -0.449. The fourth-order valence-electron chi connectivity index (χ4n) is 5.88. The van der Waals surface area contributed by atoms with Crippen LogP contribution in [0.5, 0.6) is 0 Å². The van der Waals surface area contributed by atoms with Crippen LogP contribution in [-0.4, -0.2) is 47.5 Å². The molecule has 0 bridgehead atoms. The lowest BCUT2D eigenvalue weighted by Crippen LogP contribution is -2.73. The van der Waals surface area contributed by atoms with Crippen LogP contribution >= 0.6 is 0 Å². The van der Waals surface area contributed by atoms with Gasteiger partial charge < -0.3 is 0 Å². The largest absolute Gasteiger partial charge is 0.460 e. The third kappa shape index (κ3) is 5.72. The summed E-state index contributed by atoms with van der Waals surface area (Å²) in [7, 11) is 0. The summed E-state index contributed by atoms with van der Waals surface area (Å²) in [6, 6.07) is 3.02. The molecular formula is C27H27F15O. The van der Waals surface area contributed by atoms with Gasteiger partial charge in [0, 0.05) is 5.56 Å². The van der Waals surface area contributed by atoms with Gasteiger partial charge in [-0.15, -0.1) is 0 Å². The summed E-state index contributed by atoms with van der Waals surface area (Å²) in [6.07, 6.45) is -0.289. The number of alkyl halides is 15. The van der Waals surface area contributed by atoms with E-state index in [4.69, 9.17) is 0 Å². The fraction of sp³-hybridized carbons (Fsp3) is 0.741. The minimum Gasteiger partial charge on any atom is -0.287 e. The zero-order chi connectivity index (χ0) is 33.0. The van der Waals surface area contributed by atoms with Gasteiger partial charge in [0.2, 0.25) is 5.78 Å². The monoisotopic (exact) mass is 652 g/mol. The maximum atomic E-state index is 14.4. The molecule has 2 saturated carbocycles. The molecule has 0 heterocycles. The molecule has 1 aromatic carbocycles. The summed E-state index contributed by atoms with van der Waals surface area (Å²) >= 11 is 0. The number of hydrogen-bond donors (Lipinski definition) is 0. The van der Waals surface area contributed by atoms with Gasteiger partial charge in [0.05, 0.1) is 0 Å². The maximum Gasteiger partial charge on any atom is 0.460 e. The summed E-state index contributed by atoms with van der Waals surface area (Å²) < 4.78 is 202. The molecule has 0 aromatic heterocycles. The highest BCUT2D eigenvalue weighted by molar-refractivity contribution is 6.02. The van der Waals surface area contributed by atoms with E-state index in [2.05, 4.69) is 6.92 Å². The second kappa shape index (κ2) is 11.3. The Morgan fingerprint density at radius 3 is 1.33 bits per heavy atom. The molecule has 0 radical (unpaired) electrons. The van der Waals surface area contributed by atoms with E-state index in [1.165, 1.54) is 0 Å². The van der Waals surface area contributed by atoms with Crippen LogP contribution in [-0.2, 0) is 0 Å². The lowest BCUT2D eigenvalue weighted by Gasteiger charge is -2.41. The van der Waals surface area contributed by atoms with Crippen molar-refractivity contribution in [2.24, 2.45) is 17.8 Å². The highest BCUT2D eigenvalue weighted by Gasteiger charge is 2.94. The van der Waals surface area contributed by atoms with Crippen molar-refractivity contribution in [2.75, 3.05) is 0 Å². The third-order valence-corrected chi connectivity index (χ3v) is 8.76. The van der Waals surface area contributed by atoms with E-state index in [-0.39, 0.29) is 5.92 Å². The van der Waals surface area contributed by atoms with E-state index in [1.807, 2.05) is 0 Å². The van der Waals surface area contributed by atoms with E-state index < -0.39 is 53.1 Å². The SMILES string of the molecule is CC1CCC(C2CCC(c3ccc(C(=O)C(F)(F)C(F)(F)C(F)(F)C(F)(F)C(F)(F)C(F)(F)C(F)(F)F)cc3)CC2)CC1. The van der Waals surface area contributed by atoms with Gasteiger partial charge in [0.15, 0.2) is 0 Å². The van der Waals surface area contributed by atoms with Crippen molar-refractivity contribution >= 4 is 5.78 Å². The van der Waals surface area contributed by atoms with Crippen LogP contribution in [0.4, 0.5) is 65.9 Å². The van der Waals surface area contributed by atoms with Crippen LogP contribution < -0.4 is 0 Å². The molecule has 2 aliphatic carbocycles. The van der Waals surface area contributed by atoms with Gasteiger partial charge in [-0.3, -0.25) is 4.79 Å². The number of hydrogen-bond acceptors (Lipinski definition) is 1. The average Bonchev–Trinajstić information content (AvgIpc) is 2.92. The molecule has 0 amide bonds. The van der Waals surface area contributed by atoms with Gasteiger partial charge in [0.25, 0.3) is 0 Å². The molecule has 1 nitrogen and oxygen atoms in total. The molecule has 1 aromatic rings. The predicted octanol–water partition coefficient (Wildman–Crippen LogP) is 10.3. The highest BCUT2D eigenvalue weighted by atomic mass is 19.4. The average molecular weight is 652 g/mol. The zero-order valence-electron chi connectivity index (χ0n) is 22.4. The van der Waals surface area contributed by atoms with Crippen molar-refractivity contribution in [3.63, 3.8) is 0 Å². The molecule has 246 valence electrons. The molecule has 2 aliphatic rings. The standard InChI is InChI=1S/C27H27F15O/c1-14-2-4-15(5-3-14)16-6-8-17(9-7-16)18-10-12-19(13-11-18)20(43)21(28,29)22(30,31)23(32,33)24(34,35)25(36,37)26(38,39)27(40,41)42/h10-17H,2-9H2,1H3. The van der Waals surface area contributed by atoms with Crippen molar-refractivity contribution in [1.82, 2.24) is 0 Å². The third-order valence-electron chi connectivity index (χ3n) is 8.76. The Kier molecular flexibility index (Phi) is 9.30. The molecule has 0 atom stereocenters.